The predicted molar refractivity (Wildman–Crippen MR) is 84.8 cm³/mol. The van der Waals surface area contributed by atoms with Crippen LogP contribution in [0.3, 0.4) is 0 Å². The van der Waals surface area contributed by atoms with Gasteiger partial charge in [0.1, 0.15) is 6.61 Å². The summed E-state index contributed by atoms with van der Waals surface area (Å²) in [6, 6.07) is 5.62. The summed E-state index contributed by atoms with van der Waals surface area (Å²) in [6.07, 6.45) is 0.650. The maximum atomic E-state index is 11.5. The Morgan fingerprint density at radius 1 is 1.24 bits per heavy atom. The van der Waals surface area contributed by atoms with E-state index in [0.29, 0.717) is 24.5 Å². The number of hydrogen-bond donors (Lipinski definition) is 1. The van der Waals surface area contributed by atoms with E-state index in [-0.39, 0.29) is 24.2 Å². The summed E-state index contributed by atoms with van der Waals surface area (Å²) >= 11 is 0. The van der Waals surface area contributed by atoms with Crippen LogP contribution in [-0.4, -0.2) is 39.2 Å². The van der Waals surface area contributed by atoms with E-state index in [4.69, 9.17) is 15.2 Å². The number of nitrogens with two attached hydrogens (primary N) is 1. The molecule has 1 aromatic carbocycles. The molecule has 1 unspecified atom stereocenters. The third-order valence-corrected chi connectivity index (χ3v) is 4.65. The lowest BCUT2D eigenvalue weighted by Gasteiger charge is -2.17. The number of sulfone groups is 1. The van der Waals surface area contributed by atoms with Crippen LogP contribution in [-0.2, 0) is 16.3 Å². The van der Waals surface area contributed by atoms with Gasteiger partial charge in [0.2, 0.25) is 0 Å². The zero-order chi connectivity index (χ0) is 15.9. The maximum Gasteiger partial charge on any atom is 0.164 e. The highest BCUT2D eigenvalue weighted by atomic mass is 32.2. The second kappa shape index (κ2) is 8.24. The largest absolute Gasteiger partial charge is 0.490 e. The molecule has 6 heteroatoms. The number of para-hydroxylation sites is 1. The average Bonchev–Trinajstić information content (AvgIpc) is 2.41. The molecular formula is C15H25NO4S. The molecule has 0 radical (unpaired) electrons. The molecule has 0 saturated carbocycles. The van der Waals surface area contributed by atoms with Gasteiger partial charge in [0, 0.05) is 11.8 Å². The van der Waals surface area contributed by atoms with E-state index >= 15 is 0 Å². The summed E-state index contributed by atoms with van der Waals surface area (Å²) in [4.78, 5) is 0. The standard InChI is InChI=1S/C15H25NO4S/c1-4-19-14-8-6-7-13(11-12(3)16)15(14)20-9-10-21(17,18)5-2/h6-8,12H,4-5,9-11,16H2,1-3H3. The molecule has 2 N–H and O–H groups in total. The van der Waals surface area contributed by atoms with Crippen LogP contribution >= 0.6 is 0 Å². The molecule has 0 aliphatic heterocycles. The Balaban J connectivity index is 2.90. The van der Waals surface area contributed by atoms with Gasteiger partial charge in [-0.05, 0) is 31.9 Å². The molecule has 0 spiro atoms. The highest BCUT2D eigenvalue weighted by molar-refractivity contribution is 7.91. The van der Waals surface area contributed by atoms with Gasteiger partial charge in [-0.3, -0.25) is 0 Å². The smallest absolute Gasteiger partial charge is 0.164 e. The van der Waals surface area contributed by atoms with E-state index < -0.39 is 9.84 Å². The average molecular weight is 315 g/mol. The molecule has 21 heavy (non-hydrogen) atoms. The summed E-state index contributed by atoms with van der Waals surface area (Å²) in [6.45, 7) is 6.07. The minimum atomic E-state index is -3.04. The second-order valence-corrected chi connectivity index (χ2v) is 7.42. The molecule has 0 fully saturated rings. The lowest BCUT2D eigenvalue weighted by Crippen LogP contribution is -2.20. The predicted octanol–water partition coefficient (Wildman–Crippen LogP) is 1.79. The first-order chi connectivity index (χ1) is 9.89. The summed E-state index contributed by atoms with van der Waals surface area (Å²) in [5.74, 6) is 1.35. The lowest BCUT2D eigenvalue weighted by molar-refractivity contribution is 0.285. The van der Waals surface area contributed by atoms with Gasteiger partial charge >= 0.3 is 0 Å². The first kappa shape index (κ1) is 17.8. The van der Waals surface area contributed by atoms with Crippen molar-refractivity contribution in [1.82, 2.24) is 0 Å². The monoisotopic (exact) mass is 315 g/mol. The Bertz CT molecular complexity index is 541. The fourth-order valence-electron chi connectivity index (χ4n) is 1.92. The van der Waals surface area contributed by atoms with Gasteiger partial charge in [0.05, 0.1) is 12.4 Å². The summed E-state index contributed by atoms with van der Waals surface area (Å²) in [7, 11) is -3.04. The van der Waals surface area contributed by atoms with Crippen molar-refractivity contribution in [2.24, 2.45) is 5.73 Å². The minimum absolute atomic E-state index is 0.00157. The van der Waals surface area contributed by atoms with Crippen molar-refractivity contribution in [3.63, 3.8) is 0 Å². The van der Waals surface area contributed by atoms with Gasteiger partial charge in [0.25, 0.3) is 0 Å². The molecule has 0 aromatic heterocycles. The van der Waals surface area contributed by atoms with Crippen LogP contribution in [0.25, 0.3) is 0 Å². The number of ether oxygens (including phenoxy) is 2. The molecular weight excluding hydrogens is 290 g/mol. The molecule has 0 amide bonds. The Morgan fingerprint density at radius 2 is 1.95 bits per heavy atom. The third-order valence-electron chi connectivity index (χ3n) is 2.98. The molecule has 0 saturated heterocycles. The SMILES string of the molecule is CCOc1cccc(CC(C)N)c1OCCS(=O)(=O)CC. The van der Waals surface area contributed by atoms with Crippen molar-refractivity contribution < 1.29 is 17.9 Å². The van der Waals surface area contributed by atoms with Gasteiger partial charge in [-0.25, -0.2) is 8.42 Å². The van der Waals surface area contributed by atoms with E-state index in [9.17, 15) is 8.42 Å². The Hall–Kier alpha value is -1.27. The van der Waals surface area contributed by atoms with Crippen LogP contribution < -0.4 is 15.2 Å². The Kier molecular flexibility index (Phi) is 6.98. The molecule has 1 atom stereocenters. The van der Waals surface area contributed by atoms with Crippen LogP contribution in [0.5, 0.6) is 11.5 Å². The maximum absolute atomic E-state index is 11.5. The zero-order valence-electron chi connectivity index (χ0n) is 13.0. The van der Waals surface area contributed by atoms with E-state index in [1.807, 2.05) is 32.0 Å². The molecule has 0 aliphatic rings. The van der Waals surface area contributed by atoms with Gasteiger partial charge in [-0.1, -0.05) is 19.1 Å². The van der Waals surface area contributed by atoms with Crippen molar-refractivity contribution in [3.05, 3.63) is 23.8 Å². The molecule has 5 nitrogen and oxygen atoms in total. The van der Waals surface area contributed by atoms with Crippen molar-refractivity contribution in [2.45, 2.75) is 33.2 Å². The van der Waals surface area contributed by atoms with E-state index in [0.717, 1.165) is 5.56 Å². The highest BCUT2D eigenvalue weighted by Gasteiger charge is 2.14. The normalized spacial score (nSPS) is 13.0. The van der Waals surface area contributed by atoms with E-state index in [1.54, 1.807) is 6.92 Å². The second-order valence-electron chi connectivity index (χ2n) is 4.94. The quantitative estimate of drug-likeness (QED) is 0.751. The molecule has 0 heterocycles. The molecule has 1 rings (SSSR count). The van der Waals surface area contributed by atoms with Crippen LogP contribution in [0.15, 0.2) is 18.2 Å². The fraction of sp³-hybridized carbons (Fsp3) is 0.600. The minimum Gasteiger partial charge on any atom is -0.490 e. The van der Waals surface area contributed by atoms with Crippen LogP contribution in [0.4, 0.5) is 0 Å². The summed E-state index contributed by atoms with van der Waals surface area (Å²) in [5, 5.41) is 0. The van der Waals surface area contributed by atoms with E-state index in [2.05, 4.69) is 0 Å². The van der Waals surface area contributed by atoms with Crippen LogP contribution in [0, 0.1) is 0 Å². The van der Waals surface area contributed by atoms with Gasteiger partial charge < -0.3 is 15.2 Å². The van der Waals surface area contributed by atoms with Crippen LogP contribution in [0.2, 0.25) is 0 Å². The van der Waals surface area contributed by atoms with E-state index in [1.165, 1.54) is 0 Å². The summed E-state index contributed by atoms with van der Waals surface area (Å²) < 4.78 is 34.3. The third kappa shape index (κ3) is 5.93. The van der Waals surface area contributed by atoms with Gasteiger partial charge in [0.15, 0.2) is 21.3 Å². The number of rotatable bonds is 9. The Morgan fingerprint density at radius 3 is 2.52 bits per heavy atom. The van der Waals surface area contributed by atoms with Crippen molar-refractivity contribution in [2.75, 3.05) is 24.7 Å². The van der Waals surface area contributed by atoms with Crippen molar-refractivity contribution in [1.29, 1.82) is 0 Å². The molecule has 0 bridgehead atoms. The highest BCUT2D eigenvalue weighted by Crippen LogP contribution is 2.32. The lowest BCUT2D eigenvalue weighted by atomic mass is 10.1. The zero-order valence-corrected chi connectivity index (χ0v) is 13.8. The van der Waals surface area contributed by atoms with Gasteiger partial charge in [-0.2, -0.15) is 0 Å². The Labute approximate surface area is 127 Å². The molecule has 1 aromatic rings. The first-order valence-electron chi connectivity index (χ1n) is 7.23. The first-order valence-corrected chi connectivity index (χ1v) is 9.05. The summed E-state index contributed by atoms with van der Waals surface area (Å²) in [5.41, 5.74) is 6.78. The fourth-order valence-corrected chi connectivity index (χ4v) is 2.54. The van der Waals surface area contributed by atoms with Gasteiger partial charge in [-0.15, -0.1) is 0 Å². The topological polar surface area (TPSA) is 78.6 Å². The number of benzene rings is 1. The van der Waals surface area contributed by atoms with Crippen molar-refractivity contribution >= 4 is 9.84 Å². The molecule has 0 aliphatic carbocycles. The number of hydrogen-bond acceptors (Lipinski definition) is 5. The molecule has 120 valence electrons. The van der Waals surface area contributed by atoms with Crippen LogP contribution in [0.1, 0.15) is 26.3 Å². The van der Waals surface area contributed by atoms with Crippen molar-refractivity contribution in [3.8, 4) is 11.5 Å².